The molecule has 1 amide bonds. The zero-order valence-electron chi connectivity index (χ0n) is 19.2. The van der Waals surface area contributed by atoms with Crippen LogP contribution in [0.4, 0.5) is 0 Å². The minimum Gasteiger partial charge on any atom is -0.489 e. The first kappa shape index (κ1) is 23.0. The summed E-state index contributed by atoms with van der Waals surface area (Å²) >= 11 is 0. The number of carbonyl (C=O) groups excluding carboxylic acids is 1. The number of carbonyl (C=O) groups is 1. The Kier molecular flexibility index (Phi) is 7.19. The molecular weight excluding hydrogens is 434 g/mol. The molecule has 2 heterocycles. The second-order valence-electron chi connectivity index (χ2n) is 7.42. The highest BCUT2D eigenvalue weighted by molar-refractivity contribution is 5.79. The lowest BCUT2D eigenvalue weighted by Gasteiger charge is -2.11. The van der Waals surface area contributed by atoms with Gasteiger partial charge in [-0.3, -0.25) is 9.63 Å². The number of likely N-dealkylation sites (N-methyl/N-ethyl adjacent to an activating group) is 1. The zero-order chi connectivity index (χ0) is 23.9. The molecule has 0 atom stereocenters. The van der Waals surface area contributed by atoms with Crippen molar-refractivity contribution in [2.24, 2.45) is 0 Å². The van der Waals surface area contributed by atoms with Gasteiger partial charge < -0.3 is 13.9 Å². The minimum atomic E-state index is -0.278. The Labute approximate surface area is 197 Å². The molecule has 0 aliphatic carbocycles. The van der Waals surface area contributed by atoms with E-state index in [-0.39, 0.29) is 18.2 Å². The van der Waals surface area contributed by atoms with Crippen molar-refractivity contribution in [2.45, 2.75) is 13.0 Å². The van der Waals surface area contributed by atoms with Gasteiger partial charge >= 0.3 is 0 Å². The lowest BCUT2D eigenvalue weighted by Crippen LogP contribution is -2.27. The van der Waals surface area contributed by atoms with E-state index in [1.54, 1.807) is 19.4 Å². The predicted octanol–water partition coefficient (Wildman–Crippen LogP) is 4.55. The molecule has 0 spiro atoms. The fourth-order valence-electron chi connectivity index (χ4n) is 3.26. The number of benzene rings is 2. The van der Waals surface area contributed by atoms with Crippen molar-refractivity contribution in [3.8, 4) is 34.2 Å². The summed E-state index contributed by atoms with van der Waals surface area (Å²) < 4.78 is 17.1. The first-order chi connectivity index (χ1) is 16.6. The number of methoxy groups -OCH3 is 1. The Bertz CT molecular complexity index is 1220. The van der Waals surface area contributed by atoms with Gasteiger partial charge in [-0.15, -0.1) is 0 Å². The molecule has 2 aromatic carbocycles. The van der Waals surface area contributed by atoms with Gasteiger partial charge in [-0.25, -0.2) is 15.0 Å². The van der Waals surface area contributed by atoms with Crippen LogP contribution in [0.3, 0.4) is 0 Å². The molecule has 0 bridgehead atoms. The van der Waals surface area contributed by atoms with E-state index < -0.39 is 0 Å². The first-order valence-corrected chi connectivity index (χ1v) is 10.7. The maximum atomic E-state index is 12.3. The number of ether oxygens (including phenoxy) is 2. The van der Waals surface area contributed by atoms with Crippen LogP contribution < -0.4 is 9.47 Å². The molecule has 8 heteroatoms. The second kappa shape index (κ2) is 10.6. The quantitative estimate of drug-likeness (QED) is 0.339. The Morgan fingerprint density at radius 2 is 1.71 bits per heavy atom. The summed E-state index contributed by atoms with van der Waals surface area (Å²) in [6.45, 7) is 0.477. The molecule has 174 valence electrons. The molecule has 0 aliphatic rings. The number of amides is 1. The third kappa shape index (κ3) is 5.41. The van der Waals surface area contributed by atoms with Crippen LogP contribution in [-0.4, -0.2) is 42.2 Å². The molecule has 8 nitrogen and oxygen atoms in total. The van der Waals surface area contributed by atoms with E-state index >= 15 is 0 Å². The number of aromatic nitrogens is 2. The number of rotatable bonds is 9. The third-order valence-corrected chi connectivity index (χ3v) is 5.18. The number of hydrogen-bond donors (Lipinski definition) is 0. The molecule has 0 saturated carbocycles. The molecule has 0 radical (unpaired) electrons. The molecular formula is C26H25N3O5. The number of nitrogens with zero attached hydrogens (tertiary/aromatic N) is 3. The van der Waals surface area contributed by atoms with Crippen molar-refractivity contribution in [3.05, 3.63) is 84.4 Å². The van der Waals surface area contributed by atoms with Crippen LogP contribution in [0.2, 0.25) is 0 Å². The summed E-state index contributed by atoms with van der Waals surface area (Å²) in [6.07, 6.45) is 1.61. The summed E-state index contributed by atoms with van der Waals surface area (Å²) in [5, 5.41) is 1.14. The standard InChI is InChI=1S/C26H25N3O5/c1-29(32-3)24(30)15-23-28-25(20-11-14-22(31-2)27-16-20)26(34-23)19-9-12-21(13-10-19)33-17-18-7-5-4-6-8-18/h4-14,16H,15,17H2,1-3H3. The summed E-state index contributed by atoms with van der Waals surface area (Å²) in [7, 11) is 4.52. The van der Waals surface area contributed by atoms with E-state index in [9.17, 15) is 4.79 Å². The van der Waals surface area contributed by atoms with Crippen molar-refractivity contribution in [1.82, 2.24) is 15.0 Å². The normalized spacial score (nSPS) is 10.7. The highest BCUT2D eigenvalue weighted by atomic mass is 16.7. The van der Waals surface area contributed by atoms with Gasteiger partial charge in [-0.1, -0.05) is 30.3 Å². The van der Waals surface area contributed by atoms with E-state index in [4.69, 9.17) is 18.7 Å². The van der Waals surface area contributed by atoms with E-state index in [2.05, 4.69) is 9.97 Å². The molecule has 34 heavy (non-hydrogen) atoms. The van der Waals surface area contributed by atoms with Crippen LogP contribution in [0.1, 0.15) is 11.5 Å². The van der Waals surface area contributed by atoms with Crippen LogP contribution in [-0.2, 0) is 22.7 Å². The highest BCUT2D eigenvalue weighted by Crippen LogP contribution is 2.34. The SMILES string of the molecule is COc1ccc(-c2nc(CC(=O)N(C)OC)oc2-c2ccc(OCc3ccccc3)cc2)cn1. The highest BCUT2D eigenvalue weighted by Gasteiger charge is 2.21. The maximum absolute atomic E-state index is 12.3. The van der Waals surface area contributed by atoms with Crippen LogP contribution in [0.25, 0.3) is 22.6 Å². The van der Waals surface area contributed by atoms with Crippen LogP contribution in [0.15, 0.2) is 77.3 Å². The Balaban J connectivity index is 1.61. The lowest BCUT2D eigenvalue weighted by atomic mass is 10.1. The number of pyridine rings is 1. The average Bonchev–Trinajstić information content (AvgIpc) is 3.31. The summed E-state index contributed by atoms with van der Waals surface area (Å²) in [6, 6.07) is 21.1. The van der Waals surface area contributed by atoms with Crippen molar-refractivity contribution in [3.63, 3.8) is 0 Å². The fourth-order valence-corrected chi connectivity index (χ4v) is 3.26. The van der Waals surface area contributed by atoms with E-state index in [1.807, 2.05) is 60.7 Å². The largest absolute Gasteiger partial charge is 0.489 e. The molecule has 0 aliphatic heterocycles. The molecule has 0 N–H and O–H groups in total. The summed E-state index contributed by atoms with van der Waals surface area (Å²) in [5.74, 6) is 1.76. The van der Waals surface area contributed by atoms with Crippen LogP contribution in [0.5, 0.6) is 11.6 Å². The monoisotopic (exact) mass is 459 g/mol. The summed E-state index contributed by atoms with van der Waals surface area (Å²) in [5.41, 5.74) is 3.20. The van der Waals surface area contributed by atoms with Crippen molar-refractivity contribution >= 4 is 5.91 Å². The van der Waals surface area contributed by atoms with E-state index in [0.29, 0.717) is 23.9 Å². The molecule has 4 aromatic rings. The number of hydrogen-bond acceptors (Lipinski definition) is 7. The van der Waals surface area contributed by atoms with Gasteiger partial charge in [-0.05, 0) is 35.9 Å². The molecule has 2 aromatic heterocycles. The van der Waals surface area contributed by atoms with Crippen molar-refractivity contribution in [2.75, 3.05) is 21.3 Å². The first-order valence-electron chi connectivity index (χ1n) is 10.7. The van der Waals surface area contributed by atoms with Gasteiger partial charge in [-0.2, -0.15) is 0 Å². The fraction of sp³-hybridized carbons (Fsp3) is 0.192. The van der Waals surface area contributed by atoms with Gasteiger partial charge in [0.2, 0.25) is 11.8 Å². The Morgan fingerprint density at radius 1 is 0.971 bits per heavy atom. The number of hydroxylamine groups is 2. The number of oxazole rings is 1. The van der Waals surface area contributed by atoms with E-state index in [0.717, 1.165) is 27.5 Å². The Morgan fingerprint density at radius 3 is 2.35 bits per heavy atom. The smallest absolute Gasteiger partial charge is 0.255 e. The zero-order valence-corrected chi connectivity index (χ0v) is 19.2. The topological polar surface area (TPSA) is 86.9 Å². The van der Waals surface area contributed by atoms with Crippen LogP contribution in [0, 0.1) is 0 Å². The van der Waals surface area contributed by atoms with Crippen molar-refractivity contribution < 1.29 is 23.5 Å². The van der Waals surface area contributed by atoms with Crippen LogP contribution >= 0.6 is 0 Å². The Hall–Kier alpha value is -4.17. The van der Waals surface area contributed by atoms with E-state index in [1.165, 1.54) is 14.2 Å². The average molecular weight is 460 g/mol. The third-order valence-electron chi connectivity index (χ3n) is 5.18. The second-order valence-corrected chi connectivity index (χ2v) is 7.42. The van der Waals surface area contributed by atoms with Gasteiger partial charge in [0.05, 0.1) is 14.2 Å². The molecule has 4 rings (SSSR count). The molecule has 0 saturated heterocycles. The van der Waals surface area contributed by atoms with Gasteiger partial charge in [0.25, 0.3) is 5.91 Å². The predicted molar refractivity (Wildman–Crippen MR) is 126 cm³/mol. The van der Waals surface area contributed by atoms with Gasteiger partial charge in [0, 0.05) is 30.4 Å². The van der Waals surface area contributed by atoms with Gasteiger partial charge in [0.1, 0.15) is 24.5 Å². The summed E-state index contributed by atoms with van der Waals surface area (Å²) in [4.78, 5) is 26.1. The molecule has 0 unspecified atom stereocenters. The molecule has 0 fully saturated rings. The maximum Gasteiger partial charge on any atom is 0.255 e. The van der Waals surface area contributed by atoms with Gasteiger partial charge in [0.15, 0.2) is 5.76 Å². The lowest BCUT2D eigenvalue weighted by molar-refractivity contribution is -0.168. The van der Waals surface area contributed by atoms with Crippen molar-refractivity contribution in [1.29, 1.82) is 0 Å². The minimum absolute atomic E-state index is 0.0425.